The first kappa shape index (κ1) is 19.2. The summed E-state index contributed by atoms with van der Waals surface area (Å²) in [6.45, 7) is -0.297. The maximum Gasteiger partial charge on any atom is 0.190 e. The van der Waals surface area contributed by atoms with Crippen LogP contribution in [0.1, 0.15) is 24.0 Å². The van der Waals surface area contributed by atoms with Crippen LogP contribution in [0.3, 0.4) is 0 Å². The van der Waals surface area contributed by atoms with Gasteiger partial charge in [0.15, 0.2) is 22.8 Å². The van der Waals surface area contributed by atoms with Crippen LogP contribution in [-0.4, -0.2) is 53.5 Å². The number of fused-ring (bicyclic) bond motifs is 2. The third-order valence-electron chi connectivity index (χ3n) is 5.24. The molecule has 1 fully saturated rings. The molecule has 10 nitrogen and oxygen atoms in total. The SMILES string of the molecule is Nc1cccc2cc(C#Cc3nc4c(N)ncnc4n3[C@H]3C[C@H](O)[C@@H](CO)O3)cnc12. The Kier molecular flexibility index (Phi) is 4.63. The molecule has 6 N–H and O–H groups in total. The van der Waals surface area contributed by atoms with Gasteiger partial charge in [-0.25, -0.2) is 15.0 Å². The number of anilines is 2. The summed E-state index contributed by atoms with van der Waals surface area (Å²) in [6.07, 6.45) is 1.11. The topological polar surface area (TPSA) is 158 Å². The van der Waals surface area contributed by atoms with E-state index in [1.165, 1.54) is 6.33 Å². The number of hydrogen-bond acceptors (Lipinski definition) is 9. The quantitative estimate of drug-likeness (QED) is 0.270. The number of para-hydroxylation sites is 1. The van der Waals surface area contributed by atoms with Crippen molar-refractivity contribution < 1.29 is 14.9 Å². The minimum Gasteiger partial charge on any atom is -0.397 e. The summed E-state index contributed by atoms with van der Waals surface area (Å²) in [7, 11) is 0. The molecule has 0 amide bonds. The molecule has 3 atom stereocenters. The summed E-state index contributed by atoms with van der Waals surface area (Å²) in [5, 5.41) is 20.5. The van der Waals surface area contributed by atoms with Crippen LogP contribution < -0.4 is 11.5 Å². The fourth-order valence-electron chi connectivity index (χ4n) is 3.71. The van der Waals surface area contributed by atoms with Crippen LogP contribution in [0.5, 0.6) is 0 Å². The number of nitrogen functional groups attached to an aromatic ring is 2. The zero-order chi connectivity index (χ0) is 21.5. The van der Waals surface area contributed by atoms with Crippen LogP contribution in [0, 0.1) is 11.8 Å². The van der Waals surface area contributed by atoms with E-state index in [-0.39, 0.29) is 18.8 Å². The molecule has 0 saturated carbocycles. The number of pyridine rings is 1. The molecular weight excluding hydrogens is 398 g/mol. The maximum absolute atomic E-state index is 10.2. The number of ether oxygens (including phenoxy) is 1. The highest BCUT2D eigenvalue weighted by Gasteiger charge is 2.36. The standard InChI is InChI=1S/C21H19N7O3/c22-13-3-1-2-12-6-11(8-24-18(12)13)4-5-16-27-19-20(23)25-10-26-21(19)28(16)17-7-14(30)15(9-29)31-17/h1-3,6,8,10,14-15,17,29-30H,7,9,22H2,(H2,23,25,26)/t14-,15+,17+/m0/s1. The largest absolute Gasteiger partial charge is 0.397 e. The number of imidazole rings is 1. The average Bonchev–Trinajstić information content (AvgIpc) is 3.32. The van der Waals surface area contributed by atoms with Gasteiger partial charge in [0.25, 0.3) is 0 Å². The molecule has 1 aromatic carbocycles. The number of benzene rings is 1. The van der Waals surface area contributed by atoms with Crippen LogP contribution in [0.25, 0.3) is 22.1 Å². The average molecular weight is 417 g/mol. The van der Waals surface area contributed by atoms with Gasteiger partial charge in [-0.3, -0.25) is 9.55 Å². The number of nitrogens with two attached hydrogens (primary N) is 2. The lowest BCUT2D eigenvalue weighted by atomic mass is 10.1. The van der Waals surface area contributed by atoms with Crippen LogP contribution in [0.15, 0.2) is 36.8 Å². The Morgan fingerprint density at radius 2 is 2.03 bits per heavy atom. The van der Waals surface area contributed by atoms with Gasteiger partial charge in [-0.2, -0.15) is 0 Å². The fourth-order valence-corrected chi connectivity index (χ4v) is 3.71. The number of aliphatic hydroxyl groups excluding tert-OH is 2. The van der Waals surface area contributed by atoms with Crippen molar-refractivity contribution in [2.45, 2.75) is 24.9 Å². The van der Waals surface area contributed by atoms with Gasteiger partial charge in [0.05, 0.1) is 23.9 Å². The van der Waals surface area contributed by atoms with E-state index in [0.29, 0.717) is 33.8 Å². The summed E-state index contributed by atoms with van der Waals surface area (Å²) < 4.78 is 7.48. The van der Waals surface area contributed by atoms with Crippen molar-refractivity contribution in [3.05, 3.63) is 48.2 Å². The number of nitrogens with zero attached hydrogens (tertiary/aromatic N) is 5. The second-order valence-corrected chi connectivity index (χ2v) is 7.24. The Morgan fingerprint density at radius 3 is 2.84 bits per heavy atom. The summed E-state index contributed by atoms with van der Waals surface area (Å²) in [5.74, 6) is 6.66. The first-order chi connectivity index (χ1) is 15.0. The number of hydrogen-bond donors (Lipinski definition) is 4. The molecule has 4 aromatic rings. The molecule has 1 aliphatic rings. The van der Waals surface area contributed by atoms with Gasteiger partial charge in [0.2, 0.25) is 0 Å². The first-order valence-corrected chi connectivity index (χ1v) is 9.64. The Labute approximate surface area is 176 Å². The first-order valence-electron chi connectivity index (χ1n) is 9.64. The van der Waals surface area contributed by atoms with E-state index >= 15 is 0 Å². The van der Waals surface area contributed by atoms with Crippen molar-refractivity contribution in [1.82, 2.24) is 24.5 Å². The molecule has 3 aromatic heterocycles. The summed E-state index contributed by atoms with van der Waals surface area (Å²) in [4.78, 5) is 17.2. The molecule has 0 unspecified atom stereocenters. The molecule has 156 valence electrons. The van der Waals surface area contributed by atoms with Crippen LogP contribution in [0.2, 0.25) is 0 Å². The summed E-state index contributed by atoms with van der Waals surface area (Å²) in [6, 6.07) is 7.46. The molecule has 0 bridgehead atoms. The van der Waals surface area contributed by atoms with E-state index in [4.69, 9.17) is 16.2 Å². The monoisotopic (exact) mass is 417 g/mol. The Morgan fingerprint density at radius 1 is 1.16 bits per heavy atom. The lowest BCUT2D eigenvalue weighted by molar-refractivity contribution is -0.0434. The number of aliphatic hydroxyl groups is 2. The van der Waals surface area contributed by atoms with Crippen molar-refractivity contribution >= 4 is 33.6 Å². The third-order valence-corrected chi connectivity index (χ3v) is 5.24. The van der Waals surface area contributed by atoms with Gasteiger partial charge < -0.3 is 26.4 Å². The van der Waals surface area contributed by atoms with Crippen molar-refractivity contribution in [2.75, 3.05) is 18.1 Å². The molecule has 0 radical (unpaired) electrons. The minimum absolute atomic E-state index is 0.215. The van der Waals surface area contributed by atoms with Crippen molar-refractivity contribution in [3.8, 4) is 11.8 Å². The van der Waals surface area contributed by atoms with Gasteiger partial charge in [-0.15, -0.1) is 0 Å². The van der Waals surface area contributed by atoms with Gasteiger partial charge >= 0.3 is 0 Å². The number of aromatic nitrogens is 5. The zero-order valence-electron chi connectivity index (χ0n) is 16.3. The van der Waals surface area contributed by atoms with Crippen LogP contribution in [-0.2, 0) is 4.74 Å². The molecule has 0 spiro atoms. The predicted octanol–water partition coefficient (Wildman–Crippen LogP) is 0.579. The van der Waals surface area contributed by atoms with Gasteiger partial charge in [-0.1, -0.05) is 18.1 Å². The lowest BCUT2D eigenvalue weighted by Crippen LogP contribution is -2.24. The molecule has 31 heavy (non-hydrogen) atoms. The highest BCUT2D eigenvalue weighted by molar-refractivity contribution is 5.89. The van der Waals surface area contributed by atoms with E-state index in [1.54, 1.807) is 16.8 Å². The summed E-state index contributed by atoms with van der Waals surface area (Å²) >= 11 is 0. The number of rotatable bonds is 2. The minimum atomic E-state index is -0.817. The van der Waals surface area contributed by atoms with E-state index in [9.17, 15) is 10.2 Å². The van der Waals surface area contributed by atoms with Crippen LogP contribution >= 0.6 is 0 Å². The highest BCUT2D eigenvalue weighted by Crippen LogP contribution is 2.32. The molecule has 4 heterocycles. The molecule has 5 rings (SSSR count). The van der Waals surface area contributed by atoms with E-state index in [2.05, 4.69) is 31.8 Å². The van der Waals surface area contributed by atoms with Crippen molar-refractivity contribution in [1.29, 1.82) is 0 Å². The fraction of sp³-hybridized carbons (Fsp3) is 0.238. The van der Waals surface area contributed by atoms with E-state index in [1.807, 2.05) is 18.2 Å². The predicted molar refractivity (Wildman–Crippen MR) is 113 cm³/mol. The van der Waals surface area contributed by atoms with E-state index < -0.39 is 18.4 Å². The normalized spacial score (nSPS) is 20.8. The van der Waals surface area contributed by atoms with E-state index in [0.717, 1.165) is 5.39 Å². The smallest absolute Gasteiger partial charge is 0.190 e. The van der Waals surface area contributed by atoms with Gasteiger partial charge in [-0.05, 0) is 18.1 Å². The molecule has 10 heteroatoms. The molecule has 0 aliphatic carbocycles. The van der Waals surface area contributed by atoms with Gasteiger partial charge in [0.1, 0.15) is 18.7 Å². The van der Waals surface area contributed by atoms with Gasteiger partial charge in [0, 0.05) is 23.6 Å². The second-order valence-electron chi connectivity index (χ2n) is 7.24. The van der Waals surface area contributed by atoms with Crippen molar-refractivity contribution in [2.24, 2.45) is 0 Å². The molecule has 1 aliphatic heterocycles. The zero-order valence-corrected chi connectivity index (χ0v) is 16.3. The van der Waals surface area contributed by atoms with Crippen molar-refractivity contribution in [3.63, 3.8) is 0 Å². The molecular formula is C21H19N7O3. The Hall–Kier alpha value is -3.78. The second kappa shape index (κ2) is 7.48. The molecule has 1 saturated heterocycles. The lowest BCUT2D eigenvalue weighted by Gasteiger charge is -2.14. The maximum atomic E-state index is 10.2. The summed E-state index contributed by atoms with van der Waals surface area (Å²) in [5.41, 5.74) is 14.8. The Bertz CT molecular complexity index is 1360. The Balaban J connectivity index is 1.60. The highest BCUT2D eigenvalue weighted by atomic mass is 16.5. The third kappa shape index (κ3) is 3.30. The van der Waals surface area contributed by atoms with Crippen LogP contribution in [0.4, 0.5) is 11.5 Å².